The minimum absolute atomic E-state index is 0.229. The van der Waals surface area contributed by atoms with Crippen LogP contribution < -0.4 is 0 Å². The van der Waals surface area contributed by atoms with Gasteiger partial charge in [0.2, 0.25) is 0 Å². The summed E-state index contributed by atoms with van der Waals surface area (Å²) >= 11 is 3.49. The molecule has 0 saturated carbocycles. The van der Waals surface area contributed by atoms with E-state index >= 15 is 0 Å². The first-order chi connectivity index (χ1) is 7.26. The first-order valence-corrected chi connectivity index (χ1v) is 6.87. The molecular weight excluding hydrogens is 230 g/mol. The summed E-state index contributed by atoms with van der Waals surface area (Å²) in [6, 6.07) is 0. The van der Waals surface area contributed by atoms with Gasteiger partial charge in [-0.1, -0.05) is 6.92 Å². The summed E-state index contributed by atoms with van der Waals surface area (Å²) in [4.78, 5) is 15.4. The summed E-state index contributed by atoms with van der Waals surface area (Å²) in [6.07, 6.45) is 1.47. The highest BCUT2D eigenvalue weighted by Crippen LogP contribution is 2.17. The monoisotopic (exact) mass is 245 g/mol. The molecule has 0 aromatic carbocycles. The van der Waals surface area contributed by atoms with Crippen LogP contribution in [-0.2, 0) is 21.7 Å². The lowest BCUT2D eigenvalue weighted by Crippen LogP contribution is -2.04. The number of thiazole rings is 1. The zero-order chi connectivity index (χ0) is 11.1. The third-order valence-corrected chi connectivity index (χ3v) is 3.98. The fourth-order valence-corrected chi connectivity index (χ4v) is 2.79. The zero-order valence-electron chi connectivity index (χ0n) is 8.99. The Hall–Kier alpha value is -0.550. The van der Waals surface area contributed by atoms with Crippen molar-refractivity contribution in [2.45, 2.75) is 25.5 Å². The normalized spacial score (nSPS) is 10.3. The number of esters is 1. The SMILES string of the molecule is CCCSCc1nc(CC(=O)OC)cs1. The maximum atomic E-state index is 11.0. The van der Waals surface area contributed by atoms with Crippen LogP contribution in [-0.4, -0.2) is 23.8 Å². The number of ether oxygens (including phenoxy) is 1. The van der Waals surface area contributed by atoms with Gasteiger partial charge in [0, 0.05) is 11.1 Å². The molecule has 0 amide bonds. The fourth-order valence-electron chi connectivity index (χ4n) is 1.02. The lowest BCUT2D eigenvalue weighted by atomic mass is 10.3. The standard InChI is InChI=1S/C10H15NO2S2/c1-3-4-14-7-9-11-8(6-15-9)5-10(12)13-2/h6H,3-5,7H2,1-2H3. The topological polar surface area (TPSA) is 39.2 Å². The number of carbonyl (C=O) groups excluding carboxylic acids is 1. The van der Waals surface area contributed by atoms with Crippen LogP contribution in [0.2, 0.25) is 0 Å². The van der Waals surface area contributed by atoms with Crippen molar-refractivity contribution in [2.75, 3.05) is 12.9 Å². The Bertz CT molecular complexity index is 312. The van der Waals surface area contributed by atoms with Crippen LogP contribution in [0.3, 0.4) is 0 Å². The van der Waals surface area contributed by atoms with Crippen molar-refractivity contribution in [1.82, 2.24) is 4.98 Å². The van der Waals surface area contributed by atoms with E-state index in [1.54, 1.807) is 11.3 Å². The highest BCUT2D eigenvalue weighted by molar-refractivity contribution is 7.98. The molecule has 1 aromatic rings. The quantitative estimate of drug-likeness (QED) is 0.570. The Morgan fingerprint density at radius 3 is 3.13 bits per heavy atom. The van der Waals surface area contributed by atoms with Crippen LogP contribution in [0.1, 0.15) is 24.0 Å². The van der Waals surface area contributed by atoms with Gasteiger partial charge in [-0.15, -0.1) is 11.3 Å². The van der Waals surface area contributed by atoms with Crippen LogP contribution in [0.4, 0.5) is 0 Å². The molecule has 0 aliphatic rings. The minimum atomic E-state index is -0.229. The highest BCUT2D eigenvalue weighted by Gasteiger charge is 2.07. The summed E-state index contributed by atoms with van der Waals surface area (Å²) in [7, 11) is 1.40. The number of carbonyl (C=O) groups is 1. The molecule has 1 heterocycles. The molecule has 84 valence electrons. The maximum absolute atomic E-state index is 11.0. The molecule has 0 spiro atoms. The van der Waals surface area contributed by atoms with Crippen molar-refractivity contribution in [3.63, 3.8) is 0 Å². The predicted molar refractivity (Wildman–Crippen MR) is 64.3 cm³/mol. The van der Waals surface area contributed by atoms with Gasteiger partial charge in [-0.05, 0) is 12.2 Å². The number of rotatable bonds is 6. The van der Waals surface area contributed by atoms with Gasteiger partial charge in [0.15, 0.2) is 0 Å². The molecule has 0 fully saturated rings. The van der Waals surface area contributed by atoms with Gasteiger partial charge in [0.1, 0.15) is 5.01 Å². The van der Waals surface area contributed by atoms with E-state index in [2.05, 4.69) is 16.6 Å². The van der Waals surface area contributed by atoms with E-state index in [-0.39, 0.29) is 12.4 Å². The van der Waals surface area contributed by atoms with Gasteiger partial charge in [-0.3, -0.25) is 4.79 Å². The van der Waals surface area contributed by atoms with E-state index in [0.717, 1.165) is 22.2 Å². The molecule has 5 heteroatoms. The van der Waals surface area contributed by atoms with Crippen molar-refractivity contribution in [2.24, 2.45) is 0 Å². The summed E-state index contributed by atoms with van der Waals surface area (Å²) in [6.45, 7) is 2.16. The molecule has 0 aliphatic carbocycles. The molecule has 0 bridgehead atoms. The second-order valence-corrected chi connectivity index (χ2v) is 5.09. The van der Waals surface area contributed by atoms with Crippen LogP contribution in [0.15, 0.2) is 5.38 Å². The number of hydrogen-bond acceptors (Lipinski definition) is 5. The van der Waals surface area contributed by atoms with Gasteiger partial charge in [-0.25, -0.2) is 4.98 Å². The third-order valence-electron chi connectivity index (χ3n) is 1.73. The molecule has 0 N–H and O–H groups in total. The van der Waals surface area contributed by atoms with Crippen molar-refractivity contribution in [3.8, 4) is 0 Å². The molecule has 1 aromatic heterocycles. The molecule has 0 radical (unpaired) electrons. The Kier molecular flexibility index (Phi) is 5.71. The Morgan fingerprint density at radius 1 is 1.67 bits per heavy atom. The predicted octanol–water partition coefficient (Wildman–Crippen LogP) is 2.50. The Morgan fingerprint density at radius 2 is 2.47 bits per heavy atom. The van der Waals surface area contributed by atoms with Crippen LogP contribution in [0, 0.1) is 0 Å². The second kappa shape index (κ2) is 6.85. The summed E-state index contributed by atoms with van der Waals surface area (Å²) in [5, 5.41) is 3.02. The van der Waals surface area contributed by atoms with Crippen molar-refractivity contribution in [1.29, 1.82) is 0 Å². The Balaban J connectivity index is 2.38. The molecular formula is C10H15NO2S2. The minimum Gasteiger partial charge on any atom is -0.469 e. The fraction of sp³-hybridized carbons (Fsp3) is 0.600. The molecule has 1 rings (SSSR count). The number of methoxy groups -OCH3 is 1. The van der Waals surface area contributed by atoms with E-state index in [0.29, 0.717) is 0 Å². The van der Waals surface area contributed by atoms with E-state index < -0.39 is 0 Å². The van der Waals surface area contributed by atoms with E-state index in [9.17, 15) is 4.79 Å². The summed E-state index contributed by atoms with van der Waals surface area (Å²) < 4.78 is 4.58. The van der Waals surface area contributed by atoms with Gasteiger partial charge in [-0.2, -0.15) is 11.8 Å². The number of aromatic nitrogens is 1. The lowest BCUT2D eigenvalue weighted by Gasteiger charge is -1.95. The largest absolute Gasteiger partial charge is 0.469 e. The molecule has 0 saturated heterocycles. The van der Waals surface area contributed by atoms with Crippen LogP contribution >= 0.6 is 23.1 Å². The molecule has 0 unspecified atom stereocenters. The molecule has 15 heavy (non-hydrogen) atoms. The average Bonchev–Trinajstić information content (AvgIpc) is 2.66. The smallest absolute Gasteiger partial charge is 0.311 e. The summed E-state index contributed by atoms with van der Waals surface area (Å²) in [5.74, 6) is 1.87. The maximum Gasteiger partial charge on any atom is 0.311 e. The first-order valence-electron chi connectivity index (χ1n) is 4.84. The van der Waals surface area contributed by atoms with E-state index in [1.807, 2.05) is 17.1 Å². The third kappa shape index (κ3) is 4.66. The van der Waals surface area contributed by atoms with Crippen molar-refractivity contribution < 1.29 is 9.53 Å². The highest BCUT2D eigenvalue weighted by atomic mass is 32.2. The lowest BCUT2D eigenvalue weighted by molar-refractivity contribution is -0.139. The van der Waals surface area contributed by atoms with Crippen LogP contribution in [0.25, 0.3) is 0 Å². The molecule has 0 aliphatic heterocycles. The summed E-state index contributed by atoms with van der Waals surface area (Å²) in [5.41, 5.74) is 0.818. The van der Waals surface area contributed by atoms with Gasteiger partial charge >= 0.3 is 5.97 Å². The number of hydrogen-bond donors (Lipinski definition) is 0. The van der Waals surface area contributed by atoms with Gasteiger partial charge in [0.05, 0.1) is 19.2 Å². The Labute approximate surface area is 98.2 Å². The number of nitrogens with zero attached hydrogens (tertiary/aromatic N) is 1. The van der Waals surface area contributed by atoms with E-state index in [1.165, 1.54) is 13.5 Å². The van der Waals surface area contributed by atoms with Crippen molar-refractivity contribution in [3.05, 3.63) is 16.1 Å². The first kappa shape index (κ1) is 12.5. The second-order valence-electron chi connectivity index (χ2n) is 3.04. The average molecular weight is 245 g/mol. The number of thioether (sulfide) groups is 1. The molecule has 3 nitrogen and oxygen atoms in total. The van der Waals surface area contributed by atoms with Crippen LogP contribution in [0.5, 0.6) is 0 Å². The zero-order valence-corrected chi connectivity index (χ0v) is 10.6. The molecule has 0 atom stereocenters. The van der Waals surface area contributed by atoms with Gasteiger partial charge < -0.3 is 4.74 Å². The van der Waals surface area contributed by atoms with Gasteiger partial charge in [0.25, 0.3) is 0 Å². The van der Waals surface area contributed by atoms with Crippen molar-refractivity contribution >= 4 is 29.1 Å². The van der Waals surface area contributed by atoms with E-state index in [4.69, 9.17) is 0 Å².